The highest BCUT2D eigenvalue weighted by molar-refractivity contribution is 6.09. The Morgan fingerprint density at radius 2 is 2.00 bits per heavy atom. The lowest BCUT2D eigenvalue weighted by Gasteiger charge is -2.34. The second kappa shape index (κ2) is 7.94. The summed E-state index contributed by atoms with van der Waals surface area (Å²) in [4.78, 5) is 38.8. The number of hydrogen-bond donors (Lipinski definition) is 3. The van der Waals surface area contributed by atoms with Crippen molar-refractivity contribution in [1.29, 1.82) is 0 Å². The van der Waals surface area contributed by atoms with Gasteiger partial charge in [0.05, 0.1) is 0 Å². The van der Waals surface area contributed by atoms with Crippen LogP contribution < -0.4 is 16.4 Å². The first kappa shape index (κ1) is 20.7. The number of nitrogens with two attached hydrogens (primary N) is 1. The molecule has 2 fully saturated rings. The molecule has 0 aromatic carbocycles. The van der Waals surface area contributed by atoms with Gasteiger partial charge in [-0.25, -0.2) is 4.79 Å². The van der Waals surface area contributed by atoms with Gasteiger partial charge < -0.3 is 16.4 Å². The molecule has 7 heteroatoms. The summed E-state index contributed by atoms with van der Waals surface area (Å²) < 4.78 is 0. The van der Waals surface area contributed by atoms with E-state index in [-0.39, 0.29) is 18.4 Å². The minimum atomic E-state index is -0.807. The number of hydrogen-bond acceptors (Lipinski definition) is 4. The van der Waals surface area contributed by atoms with Gasteiger partial charge in [-0.15, -0.1) is 0 Å². The quantitative estimate of drug-likeness (QED) is 0.597. The molecule has 1 aliphatic carbocycles. The maximum Gasteiger partial charge on any atom is 0.325 e. The Labute approximate surface area is 156 Å². The van der Waals surface area contributed by atoms with Crippen LogP contribution in [0.2, 0.25) is 0 Å². The average Bonchev–Trinajstić information content (AvgIpc) is 2.79. The number of rotatable bonds is 7. The second-order valence-corrected chi connectivity index (χ2v) is 8.67. The number of nitrogens with zero attached hydrogens (tertiary/aromatic N) is 1. The van der Waals surface area contributed by atoms with Crippen LogP contribution in [0.25, 0.3) is 0 Å². The Morgan fingerprint density at radius 1 is 1.38 bits per heavy atom. The van der Waals surface area contributed by atoms with E-state index in [0.29, 0.717) is 31.2 Å². The molecule has 0 aromatic rings. The largest absolute Gasteiger partial charge is 0.348 e. The fourth-order valence-corrected chi connectivity index (χ4v) is 4.34. The van der Waals surface area contributed by atoms with Gasteiger partial charge in [0.15, 0.2) is 0 Å². The average molecular weight is 367 g/mol. The van der Waals surface area contributed by atoms with Gasteiger partial charge in [-0.2, -0.15) is 0 Å². The molecule has 1 heterocycles. The summed E-state index contributed by atoms with van der Waals surface area (Å²) in [5.41, 5.74) is 4.48. The molecule has 0 radical (unpaired) electrons. The van der Waals surface area contributed by atoms with Crippen LogP contribution in [-0.4, -0.2) is 46.9 Å². The van der Waals surface area contributed by atoms with Gasteiger partial charge in [0, 0.05) is 12.1 Å². The van der Waals surface area contributed by atoms with E-state index in [2.05, 4.69) is 31.4 Å². The van der Waals surface area contributed by atoms with E-state index in [1.807, 2.05) is 6.92 Å². The summed E-state index contributed by atoms with van der Waals surface area (Å²) in [6.07, 6.45) is 5.00. The molecule has 1 aliphatic heterocycles. The standard InChI is InChI=1S/C19H34N4O3/c1-5-14-6-8-19(9-7-14)16(25)23(17(26)22-19)11-15(24)21-18(4,12-20)10-13(2)3/h13-14H,5-12,20H2,1-4H3,(H,21,24)(H,22,26). The number of carbonyl (C=O) groups is 3. The van der Waals surface area contributed by atoms with Crippen molar-refractivity contribution in [3.8, 4) is 0 Å². The van der Waals surface area contributed by atoms with Crippen LogP contribution >= 0.6 is 0 Å². The van der Waals surface area contributed by atoms with E-state index < -0.39 is 17.1 Å². The molecule has 0 bridgehead atoms. The SMILES string of the molecule is CCC1CCC2(CC1)NC(=O)N(CC(=O)NC(C)(CN)CC(C)C)C2=O. The van der Waals surface area contributed by atoms with E-state index in [4.69, 9.17) is 5.73 Å². The smallest absolute Gasteiger partial charge is 0.325 e. The third-order valence-corrected chi connectivity index (χ3v) is 5.83. The summed E-state index contributed by atoms with van der Waals surface area (Å²) >= 11 is 0. The van der Waals surface area contributed by atoms with Crippen molar-refractivity contribution in [1.82, 2.24) is 15.5 Å². The molecule has 1 saturated heterocycles. The number of nitrogens with one attached hydrogen (secondary N) is 2. The zero-order valence-corrected chi connectivity index (χ0v) is 16.6. The zero-order chi connectivity index (χ0) is 19.5. The number of urea groups is 1. The van der Waals surface area contributed by atoms with Crippen LogP contribution in [0.1, 0.15) is 66.2 Å². The Bertz CT molecular complexity index is 555. The molecule has 148 valence electrons. The first-order valence-electron chi connectivity index (χ1n) is 9.80. The minimum absolute atomic E-state index is 0.253. The predicted octanol–water partition coefficient (Wildman–Crippen LogP) is 1.76. The fraction of sp³-hybridized carbons (Fsp3) is 0.842. The van der Waals surface area contributed by atoms with E-state index >= 15 is 0 Å². The Hall–Kier alpha value is -1.63. The molecule has 2 aliphatic rings. The molecule has 7 nitrogen and oxygen atoms in total. The normalized spacial score (nSPS) is 28.4. The molecule has 2 rings (SSSR count). The molecule has 1 unspecified atom stereocenters. The summed E-state index contributed by atoms with van der Waals surface area (Å²) in [6, 6.07) is -0.460. The number of amides is 4. The molecule has 1 saturated carbocycles. The van der Waals surface area contributed by atoms with E-state index in [0.717, 1.165) is 30.6 Å². The van der Waals surface area contributed by atoms with Gasteiger partial charge in [0.1, 0.15) is 12.1 Å². The van der Waals surface area contributed by atoms with Crippen molar-refractivity contribution < 1.29 is 14.4 Å². The van der Waals surface area contributed by atoms with E-state index in [9.17, 15) is 14.4 Å². The van der Waals surface area contributed by atoms with Crippen LogP contribution in [0.3, 0.4) is 0 Å². The topological polar surface area (TPSA) is 105 Å². The first-order valence-corrected chi connectivity index (χ1v) is 9.80. The van der Waals surface area contributed by atoms with E-state index in [1.165, 1.54) is 0 Å². The van der Waals surface area contributed by atoms with Gasteiger partial charge in [0.2, 0.25) is 5.91 Å². The lowest BCUT2D eigenvalue weighted by atomic mass is 9.75. The van der Waals surface area contributed by atoms with Gasteiger partial charge >= 0.3 is 6.03 Å². The third kappa shape index (κ3) is 4.37. The summed E-state index contributed by atoms with van der Waals surface area (Å²) in [5, 5.41) is 5.77. The Morgan fingerprint density at radius 3 is 2.50 bits per heavy atom. The van der Waals surface area contributed by atoms with Crippen LogP contribution in [0.4, 0.5) is 4.79 Å². The van der Waals surface area contributed by atoms with Gasteiger partial charge in [0.25, 0.3) is 5.91 Å². The Kier molecular flexibility index (Phi) is 6.32. The molecular weight excluding hydrogens is 332 g/mol. The predicted molar refractivity (Wildman–Crippen MR) is 100 cm³/mol. The monoisotopic (exact) mass is 366 g/mol. The van der Waals surface area contributed by atoms with Crippen molar-refractivity contribution in [2.45, 2.75) is 77.3 Å². The first-order chi connectivity index (χ1) is 12.1. The van der Waals surface area contributed by atoms with Gasteiger partial charge in [-0.1, -0.05) is 27.2 Å². The zero-order valence-electron chi connectivity index (χ0n) is 16.6. The highest BCUT2D eigenvalue weighted by Crippen LogP contribution is 2.37. The molecule has 4 N–H and O–H groups in total. The van der Waals surface area contributed by atoms with Crippen molar-refractivity contribution in [3.63, 3.8) is 0 Å². The maximum atomic E-state index is 12.9. The number of carbonyl (C=O) groups excluding carboxylic acids is 3. The molecule has 1 atom stereocenters. The van der Waals surface area contributed by atoms with Crippen molar-refractivity contribution >= 4 is 17.8 Å². The minimum Gasteiger partial charge on any atom is -0.348 e. The lowest BCUT2D eigenvalue weighted by Crippen LogP contribution is -2.55. The molecular formula is C19H34N4O3. The highest BCUT2D eigenvalue weighted by Gasteiger charge is 2.52. The van der Waals surface area contributed by atoms with Crippen LogP contribution in [0.5, 0.6) is 0 Å². The fourth-order valence-electron chi connectivity index (χ4n) is 4.34. The highest BCUT2D eigenvalue weighted by atomic mass is 16.2. The molecule has 26 heavy (non-hydrogen) atoms. The molecule has 4 amide bonds. The van der Waals surface area contributed by atoms with Crippen molar-refractivity contribution in [2.24, 2.45) is 17.6 Å². The Balaban J connectivity index is 2.00. The van der Waals surface area contributed by atoms with Gasteiger partial charge in [-0.05, 0) is 50.9 Å². The maximum absolute atomic E-state index is 12.9. The summed E-state index contributed by atoms with van der Waals surface area (Å²) in [6.45, 7) is 8.22. The molecule has 1 spiro atoms. The summed E-state index contributed by atoms with van der Waals surface area (Å²) in [7, 11) is 0. The van der Waals surface area contributed by atoms with Crippen molar-refractivity contribution in [2.75, 3.05) is 13.1 Å². The van der Waals surface area contributed by atoms with Crippen LogP contribution in [0, 0.1) is 11.8 Å². The number of imide groups is 1. The second-order valence-electron chi connectivity index (χ2n) is 8.67. The third-order valence-electron chi connectivity index (χ3n) is 5.83. The van der Waals surface area contributed by atoms with Crippen LogP contribution in [-0.2, 0) is 9.59 Å². The van der Waals surface area contributed by atoms with E-state index in [1.54, 1.807) is 0 Å². The van der Waals surface area contributed by atoms with Crippen molar-refractivity contribution in [3.05, 3.63) is 0 Å². The lowest BCUT2D eigenvalue weighted by molar-refractivity contribution is -0.136. The summed E-state index contributed by atoms with van der Waals surface area (Å²) in [5.74, 6) is 0.383. The van der Waals surface area contributed by atoms with Gasteiger partial charge in [-0.3, -0.25) is 14.5 Å². The molecule has 0 aromatic heterocycles. The van der Waals surface area contributed by atoms with Crippen LogP contribution in [0.15, 0.2) is 0 Å².